The van der Waals surface area contributed by atoms with Crippen molar-refractivity contribution in [1.82, 2.24) is 0 Å². The molecule has 1 saturated carbocycles. The Morgan fingerprint density at radius 1 is 1.00 bits per heavy atom. The van der Waals surface area contributed by atoms with Crippen LogP contribution in [0.1, 0.15) is 51.5 Å². The Hall–Kier alpha value is -2.69. The first-order valence-electron chi connectivity index (χ1n) is 10.7. The first-order valence-corrected chi connectivity index (χ1v) is 10.7. The van der Waals surface area contributed by atoms with Crippen molar-refractivity contribution in [3.63, 3.8) is 0 Å². The van der Waals surface area contributed by atoms with Crippen LogP contribution in [0.15, 0.2) is 42.5 Å². The molecule has 1 aliphatic carbocycles. The second-order valence-electron chi connectivity index (χ2n) is 9.41. The summed E-state index contributed by atoms with van der Waals surface area (Å²) in [6, 6.07) is 13.8. The Morgan fingerprint density at radius 3 is 2.37 bits per heavy atom. The third-order valence-electron chi connectivity index (χ3n) is 5.48. The van der Waals surface area contributed by atoms with Gasteiger partial charge in [-0.25, -0.2) is 0 Å². The molecule has 1 amide bonds. The van der Waals surface area contributed by atoms with Crippen LogP contribution in [0.25, 0.3) is 0 Å². The fourth-order valence-electron chi connectivity index (χ4n) is 3.66. The van der Waals surface area contributed by atoms with Gasteiger partial charge in [0.15, 0.2) is 17.6 Å². The summed E-state index contributed by atoms with van der Waals surface area (Å²) in [5, 5.41) is 0. The van der Waals surface area contributed by atoms with Crippen LogP contribution in [0, 0.1) is 5.41 Å². The van der Waals surface area contributed by atoms with E-state index in [9.17, 15) is 4.79 Å². The number of ether oxygens (including phenoxy) is 3. The lowest BCUT2D eigenvalue weighted by molar-refractivity contribution is -0.122. The lowest BCUT2D eigenvalue weighted by Gasteiger charge is -2.22. The smallest absolute Gasteiger partial charge is 0.268 e. The van der Waals surface area contributed by atoms with E-state index in [0.29, 0.717) is 37.0 Å². The Labute approximate surface area is 178 Å². The summed E-state index contributed by atoms with van der Waals surface area (Å²) >= 11 is 0. The van der Waals surface area contributed by atoms with Crippen LogP contribution >= 0.6 is 0 Å². The third-order valence-corrected chi connectivity index (χ3v) is 5.48. The molecule has 1 atom stereocenters. The summed E-state index contributed by atoms with van der Waals surface area (Å²) in [6.07, 6.45) is 2.76. The highest BCUT2D eigenvalue weighted by atomic mass is 16.5. The summed E-state index contributed by atoms with van der Waals surface area (Å²) < 4.78 is 17.4. The molecular formula is C25H31NO4. The fourth-order valence-corrected chi connectivity index (χ4v) is 3.66. The van der Waals surface area contributed by atoms with Gasteiger partial charge in [0.2, 0.25) is 0 Å². The number of amides is 1. The molecule has 30 heavy (non-hydrogen) atoms. The first kappa shape index (κ1) is 20.6. The average molecular weight is 410 g/mol. The summed E-state index contributed by atoms with van der Waals surface area (Å²) in [4.78, 5) is 14.7. The van der Waals surface area contributed by atoms with Gasteiger partial charge in [0, 0.05) is 24.7 Å². The van der Waals surface area contributed by atoms with E-state index in [0.717, 1.165) is 11.4 Å². The number of nitrogens with zero attached hydrogens (tertiary/aromatic N) is 1. The van der Waals surface area contributed by atoms with Crippen molar-refractivity contribution < 1.29 is 19.0 Å². The van der Waals surface area contributed by atoms with Gasteiger partial charge in [0.1, 0.15) is 5.75 Å². The van der Waals surface area contributed by atoms with Crippen molar-refractivity contribution >= 4 is 11.6 Å². The SMILES string of the molecule is COc1cc(N2CCC(Oc3ccc(C4CC4)cc3)C2=O)ccc1OCC(C)(C)C. The molecule has 0 N–H and O–H groups in total. The second-order valence-corrected chi connectivity index (χ2v) is 9.41. The molecule has 0 spiro atoms. The highest BCUT2D eigenvalue weighted by Gasteiger charge is 2.35. The summed E-state index contributed by atoms with van der Waals surface area (Å²) in [5.41, 5.74) is 2.22. The van der Waals surface area contributed by atoms with Gasteiger partial charge in [-0.15, -0.1) is 0 Å². The van der Waals surface area contributed by atoms with Crippen molar-refractivity contribution in [2.45, 2.75) is 52.1 Å². The first-order chi connectivity index (χ1) is 14.3. The van der Waals surface area contributed by atoms with Gasteiger partial charge in [-0.3, -0.25) is 4.79 Å². The lowest BCUT2D eigenvalue weighted by atomic mass is 9.99. The van der Waals surface area contributed by atoms with Gasteiger partial charge in [0.05, 0.1) is 13.7 Å². The van der Waals surface area contributed by atoms with Crippen LogP contribution in [-0.2, 0) is 4.79 Å². The normalized spacial score (nSPS) is 19.1. The van der Waals surface area contributed by atoms with E-state index in [2.05, 4.69) is 32.9 Å². The molecule has 1 aliphatic heterocycles. The minimum atomic E-state index is -0.459. The fraction of sp³-hybridized carbons (Fsp3) is 0.480. The molecule has 1 saturated heterocycles. The largest absolute Gasteiger partial charge is 0.493 e. The molecule has 1 unspecified atom stereocenters. The number of hydrogen-bond donors (Lipinski definition) is 0. The number of benzene rings is 2. The molecule has 4 rings (SSSR count). The Balaban J connectivity index is 1.42. The zero-order chi connectivity index (χ0) is 21.3. The molecule has 0 radical (unpaired) electrons. The standard InChI is InChI=1S/C25H31NO4/c1-25(2,3)16-29-21-12-9-19(15-23(21)28-4)26-14-13-22(24(26)27)30-20-10-7-18(8-11-20)17-5-6-17/h7-12,15,17,22H,5-6,13-14,16H2,1-4H3. The van der Waals surface area contributed by atoms with E-state index in [4.69, 9.17) is 14.2 Å². The van der Waals surface area contributed by atoms with Gasteiger partial charge >= 0.3 is 0 Å². The maximum absolute atomic E-state index is 13.0. The summed E-state index contributed by atoms with van der Waals surface area (Å²) in [6.45, 7) is 7.57. The molecule has 5 heteroatoms. The zero-order valence-electron chi connectivity index (χ0n) is 18.3. The third kappa shape index (κ3) is 4.72. The predicted molar refractivity (Wildman–Crippen MR) is 118 cm³/mol. The van der Waals surface area contributed by atoms with E-state index in [1.165, 1.54) is 18.4 Å². The number of anilines is 1. The minimum absolute atomic E-state index is 0.0216. The summed E-state index contributed by atoms with van der Waals surface area (Å²) in [5.74, 6) is 2.76. The second kappa shape index (κ2) is 8.21. The zero-order valence-corrected chi connectivity index (χ0v) is 18.3. The van der Waals surface area contributed by atoms with E-state index >= 15 is 0 Å². The number of rotatable bonds is 7. The monoisotopic (exact) mass is 409 g/mol. The molecule has 160 valence electrons. The van der Waals surface area contributed by atoms with Crippen molar-refractivity contribution in [3.8, 4) is 17.2 Å². The van der Waals surface area contributed by atoms with Crippen molar-refractivity contribution in [2.75, 3.05) is 25.2 Å². The van der Waals surface area contributed by atoms with E-state index in [1.807, 2.05) is 30.3 Å². The maximum Gasteiger partial charge on any atom is 0.268 e. The quantitative estimate of drug-likeness (QED) is 0.632. The van der Waals surface area contributed by atoms with Gasteiger partial charge in [-0.1, -0.05) is 32.9 Å². The Kier molecular flexibility index (Phi) is 5.63. The van der Waals surface area contributed by atoms with Crippen LogP contribution in [0.3, 0.4) is 0 Å². The Bertz CT molecular complexity index is 896. The van der Waals surface area contributed by atoms with Crippen molar-refractivity contribution in [3.05, 3.63) is 48.0 Å². The average Bonchev–Trinajstić information content (AvgIpc) is 3.51. The van der Waals surface area contributed by atoms with E-state index in [1.54, 1.807) is 12.0 Å². The molecule has 2 aromatic carbocycles. The van der Waals surface area contributed by atoms with Gasteiger partial charge in [0.25, 0.3) is 5.91 Å². The molecule has 2 aliphatic rings. The topological polar surface area (TPSA) is 48.0 Å². The molecule has 0 aromatic heterocycles. The molecule has 1 heterocycles. The van der Waals surface area contributed by atoms with Gasteiger partial charge < -0.3 is 19.1 Å². The van der Waals surface area contributed by atoms with Crippen LogP contribution < -0.4 is 19.1 Å². The molecule has 0 bridgehead atoms. The van der Waals surface area contributed by atoms with Gasteiger partial charge in [-0.2, -0.15) is 0 Å². The highest BCUT2D eigenvalue weighted by Crippen LogP contribution is 2.40. The molecular weight excluding hydrogens is 378 g/mol. The minimum Gasteiger partial charge on any atom is -0.493 e. The Morgan fingerprint density at radius 2 is 1.73 bits per heavy atom. The van der Waals surface area contributed by atoms with Crippen LogP contribution in [-0.4, -0.2) is 32.3 Å². The predicted octanol–water partition coefficient (Wildman–Crippen LogP) is 5.18. The van der Waals surface area contributed by atoms with Crippen molar-refractivity contribution in [1.29, 1.82) is 0 Å². The molecule has 5 nitrogen and oxygen atoms in total. The molecule has 2 fully saturated rings. The van der Waals surface area contributed by atoms with E-state index in [-0.39, 0.29) is 11.3 Å². The number of carbonyl (C=O) groups is 1. The number of hydrogen-bond acceptors (Lipinski definition) is 4. The number of methoxy groups -OCH3 is 1. The van der Waals surface area contributed by atoms with Gasteiger partial charge in [-0.05, 0) is 54.0 Å². The van der Waals surface area contributed by atoms with Crippen LogP contribution in [0.5, 0.6) is 17.2 Å². The van der Waals surface area contributed by atoms with Crippen LogP contribution in [0.4, 0.5) is 5.69 Å². The molecule has 2 aromatic rings. The van der Waals surface area contributed by atoms with Crippen LogP contribution in [0.2, 0.25) is 0 Å². The van der Waals surface area contributed by atoms with Crippen molar-refractivity contribution in [2.24, 2.45) is 5.41 Å². The maximum atomic E-state index is 13.0. The summed E-state index contributed by atoms with van der Waals surface area (Å²) in [7, 11) is 1.62. The lowest BCUT2D eigenvalue weighted by Crippen LogP contribution is -2.32. The number of carbonyl (C=O) groups excluding carboxylic acids is 1. The highest BCUT2D eigenvalue weighted by molar-refractivity contribution is 5.99. The van der Waals surface area contributed by atoms with E-state index < -0.39 is 6.10 Å².